The molecule has 0 radical (unpaired) electrons. The van der Waals surface area contributed by atoms with Crippen molar-refractivity contribution in [3.63, 3.8) is 0 Å². The summed E-state index contributed by atoms with van der Waals surface area (Å²) in [5.41, 5.74) is 2.55. The topological polar surface area (TPSA) is 84.8 Å². The van der Waals surface area contributed by atoms with E-state index in [-0.39, 0.29) is 0 Å². The summed E-state index contributed by atoms with van der Waals surface area (Å²) in [6.07, 6.45) is 0. The molecule has 2 heterocycles. The number of hydrogen-bond acceptors (Lipinski definition) is 5. The standard InChI is InChI=1S/C22H21N3O4/c1-12-6-5-7-13(2)21(12)23-19-11-16-15-10-18(29-4)17(28-3)8-14(15)9-20(26)25(16)22(27)24-19/h5-11,23H,1-4H3,(H,24,27). The van der Waals surface area contributed by atoms with Crippen LogP contribution in [0.3, 0.4) is 0 Å². The number of aromatic nitrogens is 2. The van der Waals surface area contributed by atoms with E-state index in [0.29, 0.717) is 33.6 Å². The second-order valence-corrected chi connectivity index (χ2v) is 6.88. The van der Waals surface area contributed by atoms with Crippen LogP contribution in [-0.2, 0) is 0 Å². The zero-order valence-electron chi connectivity index (χ0n) is 16.6. The number of nitrogens with one attached hydrogen (secondary N) is 2. The summed E-state index contributed by atoms with van der Waals surface area (Å²) in [5, 5.41) is 4.65. The summed E-state index contributed by atoms with van der Waals surface area (Å²) in [5.74, 6) is 1.53. The van der Waals surface area contributed by atoms with Gasteiger partial charge in [-0.15, -0.1) is 0 Å². The molecule has 4 aromatic rings. The fourth-order valence-electron chi connectivity index (χ4n) is 3.58. The molecule has 0 saturated heterocycles. The van der Waals surface area contributed by atoms with Crippen molar-refractivity contribution in [1.29, 1.82) is 0 Å². The molecule has 29 heavy (non-hydrogen) atoms. The fourth-order valence-corrected chi connectivity index (χ4v) is 3.58. The van der Waals surface area contributed by atoms with Gasteiger partial charge < -0.3 is 14.8 Å². The molecule has 0 bridgehead atoms. The SMILES string of the molecule is COc1cc2cc(=O)n3c(=O)[nH]c(Nc4c(C)cccc4C)cc3c2cc1OC. The fraction of sp³-hybridized carbons (Fsp3) is 0.182. The predicted molar refractivity (Wildman–Crippen MR) is 114 cm³/mol. The highest BCUT2D eigenvalue weighted by Gasteiger charge is 2.13. The molecule has 0 amide bonds. The lowest BCUT2D eigenvalue weighted by molar-refractivity contribution is 0.356. The van der Waals surface area contributed by atoms with Gasteiger partial charge >= 0.3 is 5.69 Å². The summed E-state index contributed by atoms with van der Waals surface area (Å²) < 4.78 is 11.8. The van der Waals surface area contributed by atoms with Crippen LogP contribution in [0.2, 0.25) is 0 Å². The number of rotatable bonds is 4. The first-order valence-electron chi connectivity index (χ1n) is 9.11. The quantitative estimate of drug-likeness (QED) is 0.520. The Bertz CT molecular complexity index is 1350. The molecule has 0 unspecified atom stereocenters. The summed E-state index contributed by atoms with van der Waals surface area (Å²) in [6, 6.07) is 12.6. The van der Waals surface area contributed by atoms with E-state index in [0.717, 1.165) is 21.2 Å². The minimum absolute atomic E-state index is 0.417. The maximum Gasteiger partial charge on any atom is 0.334 e. The van der Waals surface area contributed by atoms with Crippen LogP contribution in [0.25, 0.3) is 16.3 Å². The smallest absolute Gasteiger partial charge is 0.334 e. The average Bonchev–Trinajstić information content (AvgIpc) is 2.69. The van der Waals surface area contributed by atoms with Crippen LogP contribution < -0.4 is 26.0 Å². The summed E-state index contributed by atoms with van der Waals surface area (Å²) in [6.45, 7) is 3.98. The molecule has 0 saturated carbocycles. The molecule has 0 aliphatic heterocycles. The van der Waals surface area contributed by atoms with Crippen molar-refractivity contribution in [3.05, 3.63) is 74.4 Å². The van der Waals surface area contributed by atoms with Gasteiger partial charge in [0.2, 0.25) is 0 Å². The largest absolute Gasteiger partial charge is 0.493 e. The molecule has 0 aliphatic carbocycles. The number of pyridine rings is 1. The number of ether oxygens (including phenoxy) is 2. The lowest BCUT2D eigenvalue weighted by Gasteiger charge is -2.14. The lowest BCUT2D eigenvalue weighted by atomic mass is 10.1. The van der Waals surface area contributed by atoms with Gasteiger partial charge in [-0.1, -0.05) is 18.2 Å². The number of methoxy groups -OCH3 is 2. The highest BCUT2D eigenvalue weighted by molar-refractivity contribution is 5.98. The van der Waals surface area contributed by atoms with E-state index in [1.807, 2.05) is 32.0 Å². The third kappa shape index (κ3) is 3.10. The van der Waals surface area contributed by atoms with Gasteiger partial charge in [0.05, 0.1) is 19.7 Å². The third-order valence-electron chi connectivity index (χ3n) is 5.04. The van der Waals surface area contributed by atoms with Crippen molar-refractivity contribution in [1.82, 2.24) is 9.38 Å². The van der Waals surface area contributed by atoms with E-state index < -0.39 is 11.2 Å². The first kappa shape index (κ1) is 18.6. The monoisotopic (exact) mass is 391 g/mol. The molecule has 2 aromatic carbocycles. The molecule has 2 aromatic heterocycles. The second-order valence-electron chi connectivity index (χ2n) is 6.88. The molecular formula is C22H21N3O4. The van der Waals surface area contributed by atoms with Gasteiger partial charge in [0.25, 0.3) is 5.56 Å². The highest BCUT2D eigenvalue weighted by Crippen LogP contribution is 2.33. The Balaban J connectivity index is 2.01. The molecule has 0 aliphatic rings. The Morgan fingerprint density at radius 3 is 2.24 bits per heavy atom. The number of fused-ring (bicyclic) bond motifs is 3. The van der Waals surface area contributed by atoms with Crippen LogP contribution in [0.5, 0.6) is 11.5 Å². The Labute approximate surface area is 166 Å². The van der Waals surface area contributed by atoms with Gasteiger partial charge in [0.1, 0.15) is 5.82 Å². The number of nitrogens with zero attached hydrogens (tertiary/aromatic N) is 1. The summed E-state index contributed by atoms with van der Waals surface area (Å²) in [4.78, 5) is 28.1. The van der Waals surface area contributed by atoms with E-state index in [9.17, 15) is 9.59 Å². The predicted octanol–water partition coefficient (Wildman–Crippen LogP) is 3.52. The van der Waals surface area contributed by atoms with Crippen LogP contribution in [0.4, 0.5) is 11.5 Å². The molecular weight excluding hydrogens is 370 g/mol. The molecule has 0 atom stereocenters. The zero-order chi connectivity index (χ0) is 20.7. The van der Waals surface area contributed by atoms with Crippen molar-refractivity contribution in [2.45, 2.75) is 13.8 Å². The number of H-pyrrole nitrogens is 1. The molecule has 2 N–H and O–H groups in total. The van der Waals surface area contributed by atoms with Crippen LogP contribution in [0.15, 0.2) is 52.1 Å². The second kappa shape index (κ2) is 7.01. The highest BCUT2D eigenvalue weighted by atomic mass is 16.5. The Morgan fingerprint density at radius 1 is 0.931 bits per heavy atom. The maximum atomic E-state index is 12.7. The lowest BCUT2D eigenvalue weighted by Crippen LogP contribution is -2.28. The van der Waals surface area contributed by atoms with Crippen molar-refractivity contribution in [2.24, 2.45) is 0 Å². The van der Waals surface area contributed by atoms with E-state index in [1.54, 1.807) is 25.3 Å². The van der Waals surface area contributed by atoms with Gasteiger partial charge in [0.15, 0.2) is 11.5 Å². The number of aromatic amines is 1. The maximum absolute atomic E-state index is 12.7. The number of para-hydroxylation sites is 1. The van der Waals surface area contributed by atoms with Crippen LogP contribution in [0.1, 0.15) is 11.1 Å². The first-order chi connectivity index (χ1) is 13.9. The Kier molecular flexibility index (Phi) is 4.50. The summed E-state index contributed by atoms with van der Waals surface area (Å²) in [7, 11) is 3.08. The van der Waals surface area contributed by atoms with Crippen molar-refractivity contribution >= 4 is 27.8 Å². The summed E-state index contributed by atoms with van der Waals surface area (Å²) >= 11 is 0. The minimum Gasteiger partial charge on any atom is -0.493 e. The van der Waals surface area contributed by atoms with E-state index in [2.05, 4.69) is 10.3 Å². The number of aryl methyl sites for hydroxylation is 2. The average molecular weight is 391 g/mol. The van der Waals surface area contributed by atoms with Crippen LogP contribution in [0, 0.1) is 13.8 Å². The van der Waals surface area contributed by atoms with Gasteiger partial charge in [-0.2, -0.15) is 0 Å². The van der Waals surface area contributed by atoms with Crippen LogP contribution >= 0.6 is 0 Å². The molecule has 7 nitrogen and oxygen atoms in total. The van der Waals surface area contributed by atoms with Gasteiger partial charge in [-0.3, -0.25) is 9.78 Å². The first-order valence-corrected chi connectivity index (χ1v) is 9.11. The van der Waals surface area contributed by atoms with E-state index in [1.165, 1.54) is 13.2 Å². The van der Waals surface area contributed by atoms with Crippen molar-refractivity contribution in [3.8, 4) is 11.5 Å². The molecule has 148 valence electrons. The molecule has 0 fully saturated rings. The van der Waals surface area contributed by atoms with Gasteiger partial charge in [0, 0.05) is 23.2 Å². The molecule has 0 spiro atoms. The Hall–Kier alpha value is -3.74. The van der Waals surface area contributed by atoms with Crippen LogP contribution in [-0.4, -0.2) is 23.6 Å². The third-order valence-corrected chi connectivity index (χ3v) is 5.04. The van der Waals surface area contributed by atoms with Crippen molar-refractivity contribution < 1.29 is 9.47 Å². The molecule has 7 heteroatoms. The number of hydrogen-bond donors (Lipinski definition) is 2. The normalized spacial score (nSPS) is 11.0. The number of benzene rings is 2. The van der Waals surface area contributed by atoms with Gasteiger partial charge in [-0.05, 0) is 42.5 Å². The Morgan fingerprint density at radius 2 is 1.59 bits per heavy atom. The van der Waals surface area contributed by atoms with E-state index >= 15 is 0 Å². The van der Waals surface area contributed by atoms with Crippen molar-refractivity contribution in [2.75, 3.05) is 19.5 Å². The minimum atomic E-state index is -0.516. The zero-order valence-corrected chi connectivity index (χ0v) is 16.6. The number of anilines is 2. The van der Waals surface area contributed by atoms with Gasteiger partial charge in [-0.25, -0.2) is 9.20 Å². The van der Waals surface area contributed by atoms with E-state index in [4.69, 9.17) is 9.47 Å². The molecule has 4 rings (SSSR count).